The number of carbonyl (C=O) groups is 1. The number of hydrogen-bond acceptors (Lipinski definition) is 5. The molecule has 0 aliphatic rings. The zero-order valence-corrected chi connectivity index (χ0v) is 13.7. The molecule has 1 amide bonds. The summed E-state index contributed by atoms with van der Waals surface area (Å²) >= 11 is 6.28. The topological polar surface area (TPSA) is 69.6 Å². The van der Waals surface area contributed by atoms with Gasteiger partial charge in [-0.1, -0.05) is 18.2 Å². The molecular weight excluding hydrogens is 318 g/mol. The van der Waals surface area contributed by atoms with Crippen molar-refractivity contribution in [2.45, 2.75) is 6.92 Å². The summed E-state index contributed by atoms with van der Waals surface area (Å²) in [5.41, 5.74) is 4.07. The molecule has 1 aromatic heterocycles. The van der Waals surface area contributed by atoms with Crippen molar-refractivity contribution >= 4 is 51.6 Å². The van der Waals surface area contributed by atoms with E-state index in [2.05, 4.69) is 20.8 Å². The van der Waals surface area contributed by atoms with Crippen molar-refractivity contribution in [3.05, 3.63) is 41.4 Å². The fourth-order valence-corrected chi connectivity index (χ4v) is 2.55. The van der Waals surface area contributed by atoms with Crippen molar-refractivity contribution in [2.24, 2.45) is 5.10 Å². The molecule has 8 heteroatoms. The number of aromatic nitrogens is 1. The van der Waals surface area contributed by atoms with E-state index in [0.717, 1.165) is 5.69 Å². The highest BCUT2D eigenvalue weighted by Gasteiger charge is 2.17. The Balaban J connectivity index is 2.18. The molecule has 0 unspecified atom stereocenters. The Morgan fingerprint density at radius 3 is 2.77 bits per heavy atom. The van der Waals surface area contributed by atoms with Gasteiger partial charge in [-0.2, -0.15) is 5.10 Å². The zero-order chi connectivity index (χ0) is 15.9. The maximum Gasteiger partial charge on any atom is 0.230 e. The van der Waals surface area contributed by atoms with Crippen LogP contribution in [-0.2, 0) is 4.79 Å². The highest BCUT2D eigenvalue weighted by molar-refractivity contribution is 7.80. The number of hydrogen-bond donors (Lipinski definition) is 2. The van der Waals surface area contributed by atoms with Gasteiger partial charge in [-0.15, -0.1) is 11.3 Å². The average Bonchev–Trinajstić information content (AvgIpc) is 2.96. The van der Waals surface area contributed by atoms with E-state index in [1.165, 1.54) is 18.3 Å². The van der Waals surface area contributed by atoms with Crippen LogP contribution in [0.3, 0.4) is 0 Å². The smallest absolute Gasteiger partial charge is 0.230 e. The van der Waals surface area contributed by atoms with Gasteiger partial charge in [0.05, 0.1) is 17.6 Å². The van der Waals surface area contributed by atoms with Gasteiger partial charge >= 0.3 is 0 Å². The summed E-state index contributed by atoms with van der Waals surface area (Å²) in [7, 11) is 1.70. The third kappa shape index (κ3) is 4.09. The molecule has 0 spiro atoms. The Morgan fingerprint density at radius 1 is 1.41 bits per heavy atom. The number of benzene rings is 1. The van der Waals surface area contributed by atoms with E-state index in [1.807, 2.05) is 35.7 Å². The Morgan fingerprint density at radius 2 is 2.14 bits per heavy atom. The fraction of sp³-hybridized carbons (Fsp3) is 0.143. The van der Waals surface area contributed by atoms with Crippen LogP contribution >= 0.6 is 23.6 Å². The summed E-state index contributed by atoms with van der Waals surface area (Å²) in [6, 6.07) is 9.39. The van der Waals surface area contributed by atoms with Crippen LogP contribution in [0.5, 0.6) is 0 Å². The molecule has 0 aliphatic carbocycles. The second kappa shape index (κ2) is 7.62. The second-order valence-corrected chi connectivity index (χ2v) is 5.44. The van der Waals surface area contributed by atoms with E-state index < -0.39 is 0 Å². The first kappa shape index (κ1) is 16.1. The molecule has 0 fully saturated rings. The number of thiocarbonyl (C=S) groups is 1. The molecule has 1 aromatic carbocycles. The predicted octanol–water partition coefficient (Wildman–Crippen LogP) is 2.26. The van der Waals surface area contributed by atoms with Crippen LogP contribution in [0.4, 0.5) is 10.8 Å². The van der Waals surface area contributed by atoms with Gasteiger partial charge in [-0.05, 0) is 24.4 Å². The highest BCUT2D eigenvalue weighted by Crippen LogP contribution is 2.28. The van der Waals surface area contributed by atoms with Gasteiger partial charge in [0.2, 0.25) is 5.91 Å². The van der Waals surface area contributed by atoms with E-state index in [0.29, 0.717) is 15.9 Å². The normalized spacial score (nSPS) is 10.5. The van der Waals surface area contributed by atoms with Crippen molar-refractivity contribution in [2.75, 3.05) is 11.9 Å². The summed E-state index contributed by atoms with van der Waals surface area (Å²) in [5.74, 6) is -0.0986. The first-order valence-electron chi connectivity index (χ1n) is 6.44. The molecule has 22 heavy (non-hydrogen) atoms. The van der Waals surface area contributed by atoms with E-state index in [1.54, 1.807) is 18.2 Å². The van der Waals surface area contributed by atoms with Crippen LogP contribution < -0.4 is 15.6 Å². The summed E-state index contributed by atoms with van der Waals surface area (Å²) < 4.78 is 0. The first-order valence-corrected chi connectivity index (χ1v) is 7.72. The first-order chi connectivity index (χ1) is 10.6. The van der Waals surface area contributed by atoms with E-state index in [-0.39, 0.29) is 5.91 Å². The summed E-state index contributed by atoms with van der Waals surface area (Å²) in [6.07, 6.45) is 1.55. The minimum absolute atomic E-state index is 0.0986. The Bertz CT molecular complexity index is 684. The van der Waals surface area contributed by atoms with Crippen LogP contribution in [0.1, 0.15) is 12.6 Å². The molecule has 0 saturated carbocycles. The molecule has 2 aromatic rings. The van der Waals surface area contributed by atoms with Gasteiger partial charge in [0.25, 0.3) is 0 Å². The maximum absolute atomic E-state index is 11.9. The number of nitrogens with one attached hydrogen (secondary N) is 2. The third-order valence-electron chi connectivity index (χ3n) is 2.62. The average molecular weight is 333 g/mol. The molecule has 2 rings (SSSR count). The summed E-state index contributed by atoms with van der Waals surface area (Å²) in [6.45, 7) is 1.51. The van der Waals surface area contributed by atoms with Crippen molar-refractivity contribution < 1.29 is 4.79 Å². The van der Waals surface area contributed by atoms with Gasteiger partial charge in [-0.25, -0.2) is 4.98 Å². The molecule has 1 heterocycles. The summed E-state index contributed by atoms with van der Waals surface area (Å²) in [4.78, 5) is 17.9. The van der Waals surface area contributed by atoms with Crippen molar-refractivity contribution in [1.29, 1.82) is 0 Å². The van der Waals surface area contributed by atoms with Crippen molar-refractivity contribution in [3.8, 4) is 0 Å². The zero-order valence-electron chi connectivity index (χ0n) is 12.1. The lowest BCUT2D eigenvalue weighted by Crippen LogP contribution is -2.28. The highest BCUT2D eigenvalue weighted by atomic mass is 32.1. The molecule has 0 radical (unpaired) electrons. The quantitative estimate of drug-likeness (QED) is 0.510. The molecule has 0 atom stereocenters. The number of nitrogens with zero attached hydrogens (tertiary/aromatic N) is 3. The lowest BCUT2D eigenvalue weighted by Gasteiger charge is -2.17. The number of anilines is 2. The molecule has 0 bridgehead atoms. The summed E-state index contributed by atoms with van der Waals surface area (Å²) in [5, 5.41) is 9.54. The van der Waals surface area contributed by atoms with E-state index in [4.69, 9.17) is 12.2 Å². The van der Waals surface area contributed by atoms with Crippen LogP contribution in [0, 0.1) is 0 Å². The Hall–Kier alpha value is -2.32. The number of carbonyl (C=O) groups excluding carboxylic acids is 1. The number of hydrazone groups is 1. The lowest BCUT2D eigenvalue weighted by molar-refractivity contribution is -0.115. The van der Waals surface area contributed by atoms with Crippen LogP contribution in [-0.4, -0.2) is 29.3 Å². The fourth-order valence-electron chi connectivity index (χ4n) is 1.66. The standard InChI is InChI=1S/C14H15N5OS2/c1-10(20)19(12-6-4-3-5-7-12)14-17-11(9-22-14)8-16-18-13(21)15-2/h3-9H,1-2H3,(H2,15,18,21)/b16-8-. The Labute approximate surface area is 137 Å². The van der Waals surface area contributed by atoms with Gasteiger partial charge in [0, 0.05) is 19.4 Å². The number of rotatable bonds is 4. The molecule has 0 aliphatic heterocycles. The van der Waals surface area contributed by atoms with Gasteiger partial charge < -0.3 is 5.32 Å². The van der Waals surface area contributed by atoms with Crippen molar-refractivity contribution in [3.63, 3.8) is 0 Å². The van der Waals surface area contributed by atoms with Gasteiger partial charge in [0.1, 0.15) is 0 Å². The van der Waals surface area contributed by atoms with Crippen molar-refractivity contribution in [1.82, 2.24) is 15.7 Å². The number of amides is 1. The predicted molar refractivity (Wildman–Crippen MR) is 93.8 cm³/mol. The lowest BCUT2D eigenvalue weighted by atomic mass is 10.3. The molecule has 2 N–H and O–H groups in total. The van der Waals surface area contributed by atoms with Crippen LogP contribution in [0.2, 0.25) is 0 Å². The largest absolute Gasteiger partial charge is 0.364 e. The van der Waals surface area contributed by atoms with Gasteiger partial charge in [0.15, 0.2) is 10.2 Å². The van der Waals surface area contributed by atoms with Gasteiger partial charge in [-0.3, -0.25) is 15.1 Å². The molecule has 0 saturated heterocycles. The van der Waals surface area contributed by atoms with E-state index in [9.17, 15) is 4.79 Å². The van der Waals surface area contributed by atoms with E-state index >= 15 is 0 Å². The second-order valence-electron chi connectivity index (χ2n) is 4.19. The SMILES string of the molecule is CNC(=S)N/N=C\c1csc(N(C(C)=O)c2ccccc2)n1. The number of para-hydroxylation sites is 1. The number of thiazole rings is 1. The minimum atomic E-state index is -0.0986. The monoisotopic (exact) mass is 333 g/mol. The molecule has 6 nitrogen and oxygen atoms in total. The molecule has 114 valence electrons. The van der Waals surface area contributed by atoms with Crippen LogP contribution in [0.25, 0.3) is 0 Å². The maximum atomic E-state index is 11.9. The molecular formula is C14H15N5OS2. The Kier molecular flexibility index (Phi) is 5.56. The van der Waals surface area contributed by atoms with Crippen LogP contribution in [0.15, 0.2) is 40.8 Å². The minimum Gasteiger partial charge on any atom is -0.364 e. The third-order valence-corrected chi connectivity index (χ3v) is 3.76.